The van der Waals surface area contributed by atoms with E-state index in [4.69, 9.17) is 14.6 Å². The molecule has 27 heavy (non-hydrogen) atoms. The molecule has 0 saturated heterocycles. The smallest absolute Gasteiger partial charge is 0.333 e. The quantitative estimate of drug-likeness (QED) is 0.579. The maximum Gasteiger partial charge on any atom is 0.333 e. The average molecular weight is 433 g/mol. The van der Waals surface area contributed by atoms with Crippen molar-refractivity contribution in [2.45, 2.75) is 33.3 Å². The molecule has 144 valence electrons. The van der Waals surface area contributed by atoms with Crippen LogP contribution in [0.2, 0.25) is 0 Å². The average Bonchev–Trinajstić information content (AvgIpc) is 2.66. The molecule has 0 fully saturated rings. The van der Waals surface area contributed by atoms with Gasteiger partial charge in [0.2, 0.25) is 0 Å². The fraction of sp³-hybridized carbons (Fsp3) is 0.318. The Labute approximate surface area is 168 Å². The Bertz CT molecular complexity index is 779. The Hall–Kier alpha value is -2.11. The predicted octanol–water partition coefficient (Wildman–Crippen LogP) is 5.35. The highest BCUT2D eigenvalue weighted by molar-refractivity contribution is 9.10. The lowest BCUT2D eigenvalue weighted by Gasteiger charge is -2.13. The van der Waals surface area contributed by atoms with Crippen molar-refractivity contribution < 1.29 is 19.4 Å². The third kappa shape index (κ3) is 6.52. The van der Waals surface area contributed by atoms with Crippen molar-refractivity contribution in [3.05, 3.63) is 69.7 Å². The number of carboxylic acid groups (broad SMARTS) is 1. The molecule has 0 saturated carbocycles. The first-order valence-corrected chi connectivity index (χ1v) is 9.68. The summed E-state index contributed by atoms with van der Waals surface area (Å²) in [4.78, 5) is 11.2. The van der Waals surface area contributed by atoms with E-state index < -0.39 is 12.1 Å². The maximum atomic E-state index is 11.2. The number of hydrogen-bond acceptors (Lipinski definition) is 3. The molecule has 1 N–H and O–H groups in total. The van der Waals surface area contributed by atoms with Crippen LogP contribution in [0.4, 0.5) is 0 Å². The molecule has 0 spiro atoms. The largest absolute Gasteiger partial charge is 0.489 e. The van der Waals surface area contributed by atoms with Gasteiger partial charge in [0.1, 0.15) is 12.4 Å². The van der Waals surface area contributed by atoms with Crippen LogP contribution in [0.15, 0.2) is 58.6 Å². The predicted molar refractivity (Wildman–Crippen MR) is 111 cm³/mol. The zero-order valence-corrected chi connectivity index (χ0v) is 17.5. The minimum atomic E-state index is -0.943. The van der Waals surface area contributed by atoms with Gasteiger partial charge in [-0.2, -0.15) is 0 Å². The van der Waals surface area contributed by atoms with Crippen LogP contribution in [0, 0.1) is 0 Å². The molecule has 0 aliphatic heterocycles. The summed E-state index contributed by atoms with van der Waals surface area (Å²) in [6.45, 7) is 6.81. The molecule has 2 aromatic carbocycles. The Morgan fingerprint density at radius 1 is 1.07 bits per heavy atom. The van der Waals surface area contributed by atoms with Gasteiger partial charge in [-0.1, -0.05) is 40.2 Å². The van der Waals surface area contributed by atoms with Gasteiger partial charge < -0.3 is 14.6 Å². The summed E-state index contributed by atoms with van der Waals surface area (Å²) in [7, 11) is 0. The molecule has 2 aromatic rings. The van der Waals surface area contributed by atoms with Crippen molar-refractivity contribution in [2.75, 3.05) is 13.2 Å². The minimum Gasteiger partial charge on any atom is -0.489 e. The molecule has 0 unspecified atom stereocenters. The molecule has 1 atom stereocenters. The molecule has 0 aromatic heterocycles. The van der Waals surface area contributed by atoms with Gasteiger partial charge in [-0.05, 0) is 67.3 Å². The summed E-state index contributed by atoms with van der Waals surface area (Å²) >= 11 is 3.45. The summed E-state index contributed by atoms with van der Waals surface area (Å²) in [5.41, 5.74) is 4.43. The molecule has 4 nitrogen and oxygen atoms in total. The molecule has 0 radical (unpaired) electrons. The Morgan fingerprint density at radius 3 is 2.26 bits per heavy atom. The van der Waals surface area contributed by atoms with Crippen LogP contribution in [-0.2, 0) is 16.0 Å². The Kier molecular flexibility index (Phi) is 8.07. The zero-order chi connectivity index (χ0) is 19.8. The van der Waals surface area contributed by atoms with E-state index in [1.54, 1.807) is 6.92 Å². The number of rotatable bonds is 9. The van der Waals surface area contributed by atoms with Crippen LogP contribution >= 0.6 is 15.9 Å². The van der Waals surface area contributed by atoms with E-state index in [1.165, 1.54) is 11.1 Å². The maximum absolute atomic E-state index is 11.2. The van der Waals surface area contributed by atoms with Gasteiger partial charge in [0, 0.05) is 17.5 Å². The van der Waals surface area contributed by atoms with Crippen molar-refractivity contribution in [1.29, 1.82) is 0 Å². The van der Waals surface area contributed by atoms with E-state index in [9.17, 15) is 4.79 Å². The molecule has 5 heteroatoms. The Balaban J connectivity index is 1.97. The van der Waals surface area contributed by atoms with E-state index in [0.29, 0.717) is 19.6 Å². The molecule has 2 rings (SSSR count). The monoisotopic (exact) mass is 432 g/mol. The van der Waals surface area contributed by atoms with Crippen LogP contribution in [0.3, 0.4) is 0 Å². The zero-order valence-electron chi connectivity index (χ0n) is 15.9. The highest BCUT2D eigenvalue weighted by Gasteiger charge is 2.17. The molecule has 0 heterocycles. The molecule has 0 amide bonds. The van der Waals surface area contributed by atoms with Gasteiger partial charge in [0.05, 0.1) is 0 Å². The normalized spacial score (nSPS) is 13.0. The first-order valence-electron chi connectivity index (χ1n) is 8.89. The van der Waals surface area contributed by atoms with Crippen LogP contribution in [-0.4, -0.2) is 30.4 Å². The van der Waals surface area contributed by atoms with Crippen molar-refractivity contribution in [3.63, 3.8) is 0 Å². The second kappa shape index (κ2) is 10.3. The number of allylic oxidation sites excluding steroid dienone is 1. The van der Waals surface area contributed by atoms with Gasteiger partial charge in [-0.3, -0.25) is 0 Å². The number of halogens is 1. The first-order chi connectivity index (χ1) is 12.9. The second-order valence-electron chi connectivity index (χ2n) is 6.33. The topological polar surface area (TPSA) is 55.8 Å². The van der Waals surface area contributed by atoms with Gasteiger partial charge in [0.25, 0.3) is 0 Å². The van der Waals surface area contributed by atoms with Crippen molar-refractivity contribution in [2.24, 2.45) is 0 Å². The van der Waals surface area contributed by atoms with E-state index in [0.717, 1.165) is 21.4 Å². The van der Waals surface area contributed by atoms with Crippen molar-refractivity contribution >= 4 is 27.5 Å². The second-order valence-corrected chi connectivity index (χ2v) is 7.25. The number of carboxylic acids is 1. The lowest BCUT2D eigenvalue weighted by Crippen LogP contribution is -2.26. The van der Waals surface area contributed by atoms with Gasteiger partial charge in [-0.15, -0.1) is 0 Å². The Morgan fingerprint density at radius 2 is 1.70 bits per heavy atom. The van der Waals surface area contributed by atoms with Crippen LogP contribution < -0.4 is 4.74 Å². The van der Waals surface area contributed by atoms with Crippen molar-refractivity contribution in [3.8, 4) is 5.75 Å². The summed E-state index contributed by atoms with van der Waals surface area (Å²) in [5, 5.41) is 9.17. The summed E-state index contributed by atoms with van der Waals surface area (Å²) < 4.78 is 12.2. The van der Waals surface area contributed by atoms with Crippen LogP contribution in [0.25, 0.3) is 5.57 Å². The van der Waals surface area contributed by atoms with E-state index in [2.05, 4.69) is 41.9 Å². The van der Waals surface area contributed by atoms with Gasteiger partial charge in [-0.25, -0.2) is 4.79 Å². The lowest BCUT2D eigenvalue weighted by molar-refractivity contribution is -0.149. The first kappa shape index (κ1) is 21.2. The molecule has 0 bridgehead atoms. The molecule has 0 aliphatic carbocycles. The lowest BCUT2D eigenvalue weighted by atomic mass is 10.0. The number of aliphatic carboxylic acids is 1. The summed E-state index contributed by atoms with van der Waals surface area (Å²) in [6, 6.07) is 15.7. The number of hydrogen-bond donors (Lipinski definition) is 1. The standard InChI is InChI=1S/C22H25BrO4/c1-4-26-21(22(24)25)13-17-5-11-20(12-6-17)27-14-15(2)16(3)18-7-9-19(23)10-8-18/h5-12,21H,4,13-14H2,1-3H3,(H,24,25)/b16-15+/t21-/m0/s1. The van der Waals surface area contributed by atoms with Crippen LogP contribution in [0.5, 0.6) is 5.75 Å². The van der Waals surface area contributed by atoms with Gasteiger partial charge >= 0.3 is 5.97 Å². The van der Waals surface area contributed by atoms with Crippen molar-refractivity contribution in [1.82, 2.24) is 0 Å². The number of carbonyl (C=O) groups is 1. The third-order valence-electron chi connectivity index (χ3n) is 4.36. The fourth-order valence-corrected chi connectivity index (χ4v) is 2.87. The minimum absolute atomic E-state index is 0.338. The van der Waals surface area contributed by atoms with E-state index in [1.807, 2.05) is 36.4 Å². The molecular weight excluding hydrogens is 408 g/mol. The fourth-order valence-electron chi connectivity index (χ4n) is 2.60. The third-order valence-corrected chi connectivity index (χ3v) is 4.89. The van der Waals surface area contributed by atoms with Crippen LogP contribution in [0.1, 0.15) is 31.9 Å². The SMILES string of the molecule is CCO[C@@H](Cc1ccc(OC/C(C)=C(\C)c2ccc(Br)cc2)cc1)C(=O)O. The highest BCUT2D eigenvalue weighted by atomic mass is 79.9. The number of ether oxygens (including phenoxy) is 2. The number of benzene rings is 2. The molecular formula is C22H25BrO4. The van der Waals surface area contributed by atoms with E-state index >= 15 is 0 Å². The van der Waals surface area contributed by atoms with E-state index in [-0.39, 0.29) is 0 Å². The summed E-state index contributed by atoms with van der Waals surface area (Å²) in [5.74, 6) is -0.189. The van der Waals surface area contributed by atoms with Gasteiger partial charge in [0.15, 0.2) is 6.10 Å². The highest BCUT2D eigenvalue weighted by Crippen LogP contribution is 2.22. The molecule has 0 aliphatic rings. The summed E-state index contributed by atoms with van der Waals surface area (Å²) in [6.07, 6.45) is -0.481.